The normalized spacial score (nSPS) is 9.44. The zero-order chi connectivity index (χ0) is 7.11. The number of primary amides is 1. The van der Waals surface area contributed by atoms with Crippen LogP contribution in [-0.2, 0) is 4.79 Å². The summed E-state index contributed by atoms with van der Waals surface area (Å²) in [5.74, 6) is 0.461. The Morgan fingerprint density at radius 1 is 1.33 bits per heavy atom. The quantitative estimate of drug-likeness (QED) is 0.464. The largest absolute Gasteiger partial charge is 0.370 e. The second kappa shape index (κ2) is 5.89. The number of halogens is 1. The Kier molecular flexibility index (Phi) is 5.73. The first kappa shape index (κ1) is 8.76. The van der Waals surface area contributed by atoms with Gasteiger partial charge >= 0.3 is 0 Å². The van der Waals surface area contributed by atoms with Crippen molar-refractivity contribution in [3.63, 3.8) is 0 Å². The van der Waals surface area contributed by atoms with Gasteiger partial charge < -0.3 is 5.73 Å². The van der Waals surface area contributed by atoms with Gasteiger partial charge in [-0.25, -0.2) is 0 Å². The number of unbranched alkanes of at least 4 members (excludes halogenated alkanes) is 2. The lowest BCUT2D eigenvalue weighted by Gasteiger charge is -1.92. The number of hydrogen-bond acceptors (Lipinski definition) is 1. The van der Waals surface area contributed by atoms with E-state index in [4.69, 9.17) is 17.3 Å². The van der Waals surface area contributed by atoms with E-state index in [9.17, 15) is 4.79 Å². The van der Waals surface area contributed by atoms with E-state index in [2.05, 4.69) is 0 Å². The monoisotopic (exact) mass is 149 g/mol. The fourth-order valence-electron chi connectivity index (χ4n) is 0.570. The standard InChI is InChI=1S/C6H12ClNO/c7-5-3-1-2-4-6(8)9/h1-5H2,(H2,8,9). The van der Waals surface area contributed by atoms with Crippen molar-refractivity contribution in [3.05, 3.63) is 0 Å². The van der Waals surface area contributed by atoms with E-state index >= 15 is 0 Å². The van der Waals surface area contributed by atoms with Crippen molar-refractivity contribution in [2.24, 2.45) is 5.73 Å². The zero-order valence-electron chi connectivity index (χ0n) is 5.40. The molecule has 0 aromatic carbocycles. The van der Waals surface area contributed by atoms with E-state index in [1.807, 2.05) is 0 Å². The molecule has 0 aliphatic heterocycles. The Morgan fingerprint density at radius 2 is 2.00 bits per heavy atom. The molecule has 0 aliphatic carbocycles. The lowest BCUT2D eigenvalue weighted by atomic mass is 10.2. The Hall–Kier alpha value is -0.240. The van der Waals surface area contributed by atoms with Gasteiger partial charge in [0, 0.05) is 12.3 Å². The third kappa shape index (κ3) is 7.76. The molecule has 0 aromatic rings. The maximum atomic E-state index is 10.2. The van der Waals surface area contributed by atoms with Crippen LogP contribution in [0.2, 0.25) is 0 Å². The van der Waals surface area contributed by atoms with Gasteiger partial charge in [-0.15, -0.1) is 11.6 Å². The molecule has 0 aromatic heterocycles. The number of carbonyl (C=O) groups excluding carboxylic acids is 1. The molecule has 0 bridgehead atoms. The molecule has 0 heterocycles. The van der Waals surface area contributed by atoms with Crippen molar-refractivity contribution >= 4 is 17.5 Å². The minimum atomic E-state index is -0.218. The third-order valence-corrected chi connectivity index (χ3v) is 1.32. The molecule has 0 atom stereocenters. The predicted molar refractivity (Wildman–Crippen MR) is 38.4 cm³/mol. The highest BCUT2D eigenvalue weighted by Gasteiger charge is 1.92. The fourth-order valence-corrected chi connectivity index (χ4v) is 0.759. The first-order chi connectivity index (χ1) is 4.27. The molecule has 2 nitrogen and oxygen atoms in total. The van der Waals surface area contributed by atoms with Crippen molar-refractivity contribution in [2.75, 3.05) is 5.88 Å². The molecule has 1 amide bonds. The van der Waals surface area contributed by atoms with Gasteiger partial charge in [-0.2, -0.15) is 0 Å². The minimum absolute atomic E-state index is 0.218. The third-order valence-electron chi connectivity index (χ3n) is 1.06. The van der Waals surface area contributed by atoms with Crippen LogP contribution >= 0.6 is 11.6 Å². The van der Waals surface area contributed by atoms with Gasteiger partial charge in [0.25, 0.3) is 0 Å². The van der Waals surface area contributed by atoms with Crippen molar-refractivity contribution in [3.8, 4) is 0 Å². The number of alkyl halides is 1. The number of hydrogen-bond donors (Lipinski definition) is 1. The number of nitrogens with two attached hydrogens (primary N) is 1. The summed E-state index contributed by atoms with van der Waals surface area (Å²) in [4.78, 5) is 10.2. The summed E-state index contributed by atoms with van der Waals surface area (Å²) in [7, 11) is 0. The van der Waals surface area contributed by atoms with Gasteiger partial charge in [-0.05, 0) is 12.8 Å². The van der Waals surface area contributed by atoms with E-state index in [1.165, 1.54) is 0 Å². The van der Waals surface area contributed by atoms with E-state index in [-0.39, 0.29) is 5.91 Å². The van der Waals surface area contributed by atoms with Crippen molar-refractivity contribution in [2.45, 2.75) is 25.7 Å². The number of carbonyl (C=O) groups is 1. The molecule has 54 valence electrons. The van der Waals surface area contributed by atoms with Crippen LogP contribution in [0.15, 0.2) is 0 Å². The molecule has 0 aliphatic rings. The van der Waals surface area contributed by atoms with Crippen LogP contribution in [0.3, 0.4) is 0 Å². The first-order valence-electron chi connectivity index (χ1n) is 3.11. The van der Waals surface area contributed by atoms with Gasteiger partial charge in [0.15, 0.2) is 0 Å². The van der Waals surface area contributed by atoms with Crippen molar-refractivity contribution in [1.29, 1.82) is 0 Å². The Morgan fingerprint density at radius 3 is 2.44 bits per heavy atom. The van der Waals surface area contributed by atoms with Crippen LogP contribution in [-0.4, -0.2) is 11.8 Å². The zero-order valence-corrected chi connectivity index (χ0v) is 6.16. The summed E-state index contributed by atoms with van der Waals surface area (Å²) in [6, 6.07) is 0. The lowest BCUT2D eigenvalue weighted by Crippen LogP contribution is -2.09. The Balaban J connectivity index is 2.83. The van der Waals surface area contributed by atoms with Crippen LogP contribution in [0.1, 0.15) is 25.7 Å². The Labute approximate surface area is 60.4 Å². The van der Waals surface area contributed by atoms with E-state index in [0.717, 1.165) is 19.3 Å². The first-order valence-corrected chi connectivity index (χ1v) is 3.65. The average molecular weight is 150 g/mol. The minimum Gasteiger partial charge on any atom is -0.370 e. The van der Waals surface area contributed by atoms with Crippen LogP contribution in [0, 0.1) is 0 Å². The fraction of sp³-hybridized carbons (Fsp3) is 0.833. The molecule has 0 radical (unpaired) electrons. The van der Waals surface area contributed by atoms with Crippen molar-refractivity contribution in [1.82, 2.24) is 0 Å². The van der Waals surface area contributed by atoms with Crippen molar-refractivity contribution < 1.29 is 4.79 Å². The number of amides is 1. The topological polar surface area (TPSA) is 43.1 Å². The number of rotatable bonds is 5. The summed E-state index contributed by atoms with van der Waals surface area (Å²) < 4.78 is 0. The van der Waals surface area contributed by atoms with E-state index < -0.39 is 0 Å². The van der Waals surface area contributed by atoms with Crippen LogP contribution in [0.5, 0.6) is 0 Å². The Bertz CT molecular complexity index is 85.1. The molecule has 0 saturated carbocycles. The van der Waals surface area contributed by atoms with Gasteiger partial charge in [0.05, 0.1) is 0 Å². The molecule has 2 N–H and O–H groups in total. The molecule has 0 spiro atoms. The second-order valence-corrected chi connectivity index (χ2v) is 2.34. The van der Waals surface area contributed by atoms with Gasteiger partial charge in [0.2, 0.25) is 5.91 Å². The molecule has 9 heavy (non-hydrogen) atoms. The van der Waals surface area contributed by atoms with Gasteiger partial charge in [0.1, 0.15) is 0 Å². The summed E-state index contributed by atoms with van der Waals surface area (Å²) >= 11 is 5.40. The smallest absolute Gasteiger partial charge is 0.217 e. The molecular formula is C6H12ClNO. The molecule has 0 rings (SSSR count). The highest BCUT2D eigenvalue weighted by atomic mass is 35.5. The molecule has 0 fully saturated rings. The van der Waals surface area contributed by atoms with Crippen LogP contribution in [0.4, 0.5) is 0 Å². The molecular weight excluding hydrogens is 138 g/mol. The SMILES string of the molecule is NC(=O)CCCCCCl. The maximum Gasteiger partial charge on any atom is 0.217 e. The van der Waals surface area contributed by atoms with Crippen LogP contribution < -0.4 is 5.73 Å². The highest BCUT2D eigenvalue weighted by Crippen LogP contribution is 1.99. The van der Waals surface area contributed by atoms with Gasteiger partial charge in [-0.3, -0.25) is 4.79 Å². The molecule has 0 saturated heterocycles. The summed E-state index contributed by atoms with van der Waals surface area (Å²) in [6.07, 6.45) is 3.36. The predicted octanol–water partition coefficient (Wildman–Crippen LogP) is 1.27. The second-order valence-electron chi connectivity index (χ2n) is 1.97. The lowest BCUT2D eigenvalue weighted by molar-refractivity contribution is -0.118. The maximum absolute atomic E-state index is 10.2. The van der Waals surface area contributed by atoms with E-state index in [1.54, 1.807) is 0 Å². The summed E-state index contributed by atoms with van der Waals surface area (Å²) in [5, 5.41) is 0. The van der Waals surface area contributed by atoms with Gasteiger partial charge in [-0.1, -0.05) is 6.42 Å². The van der Waals surface area contributed by atoms with E-state index in [0.29, 0.717) is 12.3 Å². The average Bonchev–Trinajstić information content (AvgIpc) is 1.80. The van der Waals surface area contributed by atoms with Crippen LogP contribution in [0.25, 0.3) is 0 Å². The summed E-state index contributed by atoms with van der Waals surface area (Å²) in [5.41, 5.74) is 4.90. The molecule has 3 heteroatoms. The summed E-state index contributed by atoms with van der Waals surface area (Å²) in [6.45, 7) is 0. The highest BCUT2D eigenvalue weighted by molar-refractivity contribution is 6.17. The molecule has 0 unspecified atom stereocenters.